The average Bonchev–Trinajstić information content (AvgIpc) is 2.80. The molecule has 0 atom stereocenters. The molecule has 1 N–H and O–H groups in total. The summed E-state index contributed by atoms with van der Waals surface area (Å²) < 4.78 is 1.93. The summed E-state index contributed by atoms with van der Waals surface area (Å²) in [6.07, 6.45) is 4.50. The molecule has 2 aromatic rings. The fourth-order valence-corrected chi connectivity index (χ4v) is 2.49. The van der Waals surface area contributed by atoms with Crippen molar-refractivity contribution in [3.63, 3.8) is 0 Å². The van der Waals surface area contributed by atoms with Crippen LogP contribution in [0.5, 0.6) is 0 Å². The van der Waals surface area contributed by atoms with Gasteiger partial charge in [0.1, 0.15) is 5.02 Å². The summed E-state index contributed by atoms with van der Waals surface area (Å²) in [5.74, 6) is 0.968. The topological polar surface area (TPSA) is 46.0 Å². The largest absolute Gasteiger partial charge is 0.293 e. The van der Waals surface area contributed by atoms with Gasteiger partial charge < -0.3 is 0 Å². The van der Waals surface area contributed by atoms with E-state index in [9.17, 15) is 0 Å². The molecule has 0 bridgehead atoms. The minimum absolute atomic E-state index is 0.0154. The first kappa shape index (κ1) is 13.4. The second kappa shape index (κ2) is 4.92. The van der Waals surface area contributed by atoms with E-state index in [2.05, 4.69) is 43.0 Å². The standard InChI is InChI=1S/C13H21ClN4/c1-5-6-7-8-9-15-16-12-10(14)11(13(2,3)4)17-18(9)12/h17H,5-8H2,1-4H3. The fraction of sp³-hybridized carbons (Fsp3) is 0.692. The van der Waals surface area contributed by atoms with Gasteiger partial charge in [0.15, 0.2) is 11.5 Å². The molecule has 0 fully saturated rings. The van der Waals surface area contributed by atoms with Gasteiger partial charge in [-0.15, -0.1) is 10.2 Å². The van der Waals surface area contributed by atoms with E-state index < -0.39 is 0 Å². The highest BCUT2D eigenvalue weighted by atomic mass is 35.5. The van der Waals surface area contributed by atoms with Gasteiger partial charge in [0.05, 0.1) is 5.69 Å². The third-order valence-electron chi connectivity index (χ3n) is 3.12. The normalized spacial score (nSPS) is 12.5. The smallest absolute Gasteiger partial charge is 0.196 e. The first-order valence-corrected chi connectivity index (χ1v) is 6.95. The van der Waals surface area contributed by atoms with Crippen molar-refractivity contribution >= 4 is 17.2 Å². The number of fused-ring (bicyclic) bond motifs is 1. The van der Waals surface area contributed by atoms with E-state index in [1.165, 1.54) is 12.8 Å². The zero-order valence-electron chi connectivity index (χ0n) is 11.5. The number of aromatic nitrogens is 4. The van der Waals surface area contributed by atoms with Crippen LogP contribution < -0.4 is 0 Å². The molecule has 0 saturated carbocycles. The quantitative estimate of drug-likeness (QED) is 0.859. The molecule has 0 aromatic carbocycles. The molecule has 0 aliphatic rings. The maximum absolute atomic E-state index is 6.36. The highest BCUT2D eigenvalue weighted by Gasteiger charge is 2.24. The lowest BCUT2D eigenvalue weighted by molar-refractivity contribution is 0.559. The van der Waals surface area contributed by atoms with Crippen molar-refractivity contribution in [2.75, 3.05) is 0 Å². The van der Waals surface area contributed by atoms with Crippen LogP contribution in [0.2, 0.25) is 5.02 Å². The minimum Gasteiger partial charge on any atom is -0.293 e. The van der Waals surface area contributed by atoms with E-state index in [1.54, 1.807) is 0 Å². The van der Waals surface area contributed by atoms with Crippen molar-refractivity contribution in [2.45, 2.75) is 58.8 Å². The molecule has 0 spiro atoms. The molecule has 0 unspecified atom stereocenters. The summed E-state index contributed by atoms with van der Waals surface area (Å²) in [7, 11) is 0. The number of hydrogen-bond donors (Lipinski definition) is 1. The molecule has 100 valence electrons. The van der Waals surface area contributed by atoms with Gasteiger partial charge >= 0.3 is 0 Å². The Labute approximate surface area is 113 Å². The van der Waals surface area contributed by atoms with Gasteiger partial charge in [0.25, 0.3) is 0 Å². The Morgan fingerprint density at radius 3 is 2.56 bits per heavy atom. The van der Waals surface area contributed by atoms with Crippen LogP contribution in [-0.4, -0.2) is 19.8 Å². The number of unbranched alkanes of at least 4 members (excludes halogenated alkanes) is 2. The predicted molar refractivity (Wildman–Crippen MR) is 74.3 cm³/mol. The lowest BCUT2D eigenvalue weighted by Crippen LogP contribution is -2.13. The van der Waals surface area contributed by atoms with Crippen LogP contribution in [0, 0.1) is 0 Å². The molecule has 0 aliphatic heterocycles. The highest BCUT2D eigenvalue weighted by Crippen LogP contribution is 2.31. The Hall–Kier alpha value is -1.03. The van der Waals surface area contributed by atoms with Crippen LogP contribution in [0.15, 0.2) is 0 Å². The Morgan fingerprint density at radius 1 is 1.22 bits per heavy atom. The molecule has 2 aromatic heterocycles. The molecule has 0 saturated heterocycles. The van der Waals surface area contributed by atoms with Crippen molar-refractivity contribution in [3.05, 3.63) is 16.5 Å². The molecular weight excluding hydrogens is 248 g/mol. The van der Waals surface area contributed by atoms with Crippen LogP contribution >= 0.6 is 11.6 Å². The van der Waals surface area contributed by atoms with E-state index in [-0.39, 0.29) is 5.41 Å². The third-order valence-corrected chi connectivity index (χ3v) is 3.48. The lowest BCUT2D eigenvalue weighted by Gasteiger charge is -2.16. The number of nitrogens with zero attached hydrogens (tertiary/aromatic N) is 3. The van der Waals surface area contributed by atoms with Gasteiger partial charge in [0, 0.05) is 11.8 Å². The number of hydrogen-bond acceptors (Lipinski definition) is 2. The fourth-order valence-electron chi connectivity index (χ4n) is 2.04. The van der Waals surface area contributed by atoms with E-state index in [0.717, 1.165) is 30.0 Å². The van der Waals surface area contributed by atoms with Crippen molar-refractivity contribution in [2.24, 2.45) is 0 Å². The zero-order chi connectivity index (χ0) is 13.3. The van der Waals surface area contributed by atoms with Gasteiger partial charge in [-0.25, -0.2) is 4.52 Å². The molecule has 2 heterocycles. The maximum Gasteiger partial charge on any atom is 0.196 e. The molecule has 0 radical (unpaired) electrons. The van der Waals surface area contributed by atoms with Gasteiger partial charge in [-0.3, -0.25) is 5.10 Å². The van der Waals surface area contributed by atoms with Gasteiger partial charge in [-0.2, -0.15) is 0 Å². The van der Waals surface area contributed by atoms with E-state index in [1.807, 2.05) is 4.52 Å². The first-order chi connectivity index (χ1) is 8.45. The SMILES string of the molecule is CCCCCc1nnc2c(Cl)c(C(C)(C)C)[nH]n12. The van der Waals surface area contributed by atoms with Crippen molar-refractivity contribution in [3.8, 4) is 0 Å². The van der Waals surface area contributed by atoms with Gasteiger partial charge in [-0.1, -0.05) is 52.1 Å². The molecule has 0 aliphatic carbocycles. The monoisotopic (exact) mass is 268 g/mol. The number of H-pyrrole nitrogens is 1. The number of aryl methyl sites for hydroxylation is 1. The number of halogens is 1. The van der Waals surface area contributed by atoms with Crippen LogP contribution in [0.25, 0.3) is 5.65 Å². The molecule has 5 heteroatoms. The summed E-state index contributed by atoms with van der Waals surface area (Å²) in [5, 5.41) is 12.4. The van der Waals surface area contributed by atoms with Crippen LogP contribution in [0.3, 0.4) is 0 Å². The van der Waals surface area contributed by atoms with E-state index in [0.29, 0.717) is 5.02 Å². The number of rotatable bonds is 4. The number of aromatic amines is 1. The second-order valence-electron chi connectivity index (χ2n) is 5.78. The Kier molecular flexibility index (Phi) is 3.66. The van der Waals surface area contributed by atoms with E-state index in [4.69, 9.17) is 11.6 Å². The van der Waals surface area contributed by atoms with Gasteiger partial charge in [0.2, 0.25) is 0 Å². The van der Waals surface area contributed by atoms with Crippen LogP contribution in [0.1, 0.15) is 58.5 Å². The summed E-state index contributed by atoms with van der Waals surface area (Å²) in [5.41, 5.74) is 1.75. The Balaban J connectivity index is 2.35. The Bertz CT molecular complexity index is 533. The number of nitrogens with one attached hydrogen (secondary N) is 1. The van der Waals surface area contributed by atoms with Crippen molar-refractivity contribution in [1.29, 1.82) is 0 Å². The maximum atomic E-state index is 6.36. The average molecular weight is 269 g/mol. The molecule has 4 nitrogen and oxygen atoms in total. The molecule has 18 heavy (non-hydrogen) atoms. The summed E-state index contributed by atoms with van der Waals surface area (Å²) in [4.78, 5) is 0. The molecular formula is C13H21ClN4. The van der Waals surface area contributed by atoms with Crippen LogP contribution in [0.4, 0.5) is 0 Å². The van der Waals surface area contributed by atoms with Crippen molar-refractivity contribution in [1.82, 2.24) is 19.8 Å². The van der Waals surface area contributed by atoms with Crippen LogP contribution in [-0.2, 0) is 11.8 Å². The van der Waals surface area contributed by atoms with Crippen molar-refractivity contribution < 1.29 is 0 Å². The molecule has 0 amide bonds. The highest BCUT2D eigenvalue weighted by molar-refractivity contribution is 6.34. The Morgan fingerprint density at radius 2 is 1.94 bits per heavy atom. The van der Waals surface area contributed by atoms with Gasteiger partial charge in [-0.05, 0) is 6.42 Å². The first-order valence-electron chi connectivity index (χ1n) is 6.57. The summed E-state index contributed by atoms with van der Waals surface area (Å²) in [6.45, 7) is 8.60. The third kappa shape index (κ3) is 2.39. The zero-order valence-corrected chi connectivity index (χ0v) is 12.3. The minimum atomic E-state index is -0.0154. The summed E-state index contributed by atoms with van der Waals surface area (Å²) in [6, 6.07) is 0. The molecule has 2 rings (SSSR count). The summed E-state index contributed by atoms with van der Waals surface area (Å²) >= 11 is 6.36. The second-order valence-corrected chi connectivity index (χ2v) is 6.16. The predicted octanol–water partition coefficient (Wildman–Crippen LogP) is 3.74. The lowest BCUT2D eigenvalue weighted by atomic mass is 9.92. The van der Waals surface area contributed by atoms with E-state index >= 15 is 0 Å².